The normalized spacial score (nSPS) is 18.2. The number of carboxylic acid groups (broad SMARTS) is 1. The van der Waals surface area contributed by atoms with Gasteiger partial charge in [-0.3, -0.25) is 4.90 Å². The summed E-state index contributed by atoms with van der Waals surface area (Å²) in [6, 6.07) is 6.72. The number of hydrogen-bond donors (Lipinski definition) is 2. The number of halogens is 1. The first kappa shape index (κ1) is 13.2. The summed E-state index contributed by atoms with van der Waals surface area (Å²) in [6.45, 7) is 1.75. The van der Waals surface area contributed by atoms with Crippen molar-refractivity contribution in [1.82, 2.24) is 4.90 Å². The van der Waals surface area contributed by atoms with E-state index >= 15 is 0 Å². The molecule has 1 unspecified atom stereocenters. The zero-order valence-corrected chi connectivity index (χ0v) is 10.9. The lowest BCUT2D eigenvalue weighted by atomic mass is 9.98. The summed E-state index contributed by atoms with van der Waals surface area (Å²) in [5.74, 6) is 0. The molecule has 1 aliphatic carbocycles. The second-order valence-corrected chi connectivity index (χ2v) is 4.94. The Labute approximate surface area is 111 Å². The van der Waals surface area contributed by atoms with Crippen molar-refractivity contribution >= 4 is 17.7 Å². The summed E-state index contributed by atoms with van der Waals surface area (Å²) in [4.78, 5) is 12.5. The van der Waals surface area contributed by atoms with E-state index < -0.39 is 11.8 Å². The number of rotatable bonds is 4. The van der Waals surface area contributed by atoms with Crippen LogP contribution >= 0.6 is 11.6 Å². The highest BCUT2D eigenvalue weighted by atomic mass is 35.5. The molecule has 1 aromatic rings. The molecule has 2 N–H and O–H groups in total. The van der Waals surface area contributed by atoms with Gasteiger partial charge in [0.25, 0.3) is 0 Å². The first-order chi connectivity index (χ1) is 8.50. The number of aliphatic hydroxyl groups is 1. The first-order valence-corrected chi connectivity index (χ1v) is 6.38. The van der Waals surface area contributed by atoms with Crippen LogP contribution in [-0.4, -0.2) is 27.2 Å². The van der Waals surface area contributed by atoms with Gasteiger partial charge in [-0.25, -0.2) is 4.79 Å². The molecule has 1 fully saturated rings. The van der Waals surface area contributed by atoms with Crippen LogP contribution in [0.3, 0.4) is 0 Å². The lowest BCUT2D eigenvalue weighted by molar-refractivity contribution is -0.106. The molecule has 0 saturated heterocycles. The summed E-state index contributed by atoms with van der Waals surface area (Å²) in [5.41, 5.74) is -1.10. The topological polar surface area (TPSA) is 60.8 Å². The van der Waals surface area contributed by atoms with E-state index in [1.165, 1.54) is 0 Å². The molecule has 0 heterocycles. The molecular formula is C13H16ClNO3. The standard InChI is InChI=1S/C13H16ClNO3/c1-2-13(18,10-5-3-4-6-11(10)14)15(12(16)17)9-7-8-9/h3-6,9,18H,2,7-8H2,1H3,(H,16,17). The van der Waals surface area contributed by atoms with Crippen molar-refractivity contribution in [3.05, 3.63) is 34.9 Å². The Morgan fingerprint density at radius 3 is 2.56 bits per heavy atom. The van der Waals surface area contributed by atoms with Gasteiger partial charge in [-0.15, -0.1) is 0 Å². The molecule has 2 rings (SSSR count). The summed E-state index contributed by atoms with van der Waals surface area (Å²) in [6.07, 6.45) is 0.735. The molecule has 98 valence electrons. The van der Waals surface area contributed by atoms with E-state index in [0.717, 1.165) is 17.7 Å². The largest absolute Gasteiger partial charge is 0.465 e. The Hall–Kier alpha value is -1.26. The Morgan fingerprint density at radius 1 is 1.50 bits per heavy atom. The van der Waals surface area contributed by atoms with Gasteiger partial charge in [0.15, 0.2) is 5.72 Å². The number of nitrogens with zero attached hydrogens (tertiary/aromatic N) is 1. The SMILES string of the molecule is CCC(O)(c1ccccc1Cl)N(C(=O)O)C1CC1. The third-order valence-corrected chi connectivity index (χ3v) is 3.64. The van der Waals surface area contributed by atoms with Crippen molar-refractivity contribution in [1.29, 1.82) is 0 Å². The van der Waals surface area contributed by atoms with Gasteiger partial charge in [0, 0.05) is 16.6 Å². The molecule has 4 nitrogen and oxygen atoms in total. The molecule has 0 radical (unpaired) electrons. The van der Waals surface area contributed by atoms with E-state index in [9.17, 15) is 15.0 Å². The lowest BCUT2D eigenvalue weighted by Crippen LogP contribution is -2.50. The number of amides is 1. The van der Waals surface area contributed by atoms with Crippen LogP contribution in [0.5, 0.6) is 0 Å². The third kappa shape index (κ3) is 2.18. The smallest absolute Gasteiger partial charge is 0.410 e. The van der Waals surface area contributed by atoms with Crippen LogP contribution in [0.1, 0.15) is 31.7 Å². The molecule has 0 aromatic heterocycles. The highest BCUT2D eigenvalue weighted by molar-refractivity contribution is 6.31. The molecule has 1 amide bonds. The predicted octanol–water partition coefficient (Wildman–Crippen LogP) is 3.04. The van der Waals surface area contributed by atoms with Gasteiger partial charge < -0.3 is 10.2 Å². The van der Waals surface area contributed by atoms with E-state index in [1.807, 2.05) is 0 Å². The van der Waals surface area contributed by atoms with E-state index in [1.54, 1.807) is 31.2 Å². The minimum Gasteiger partial charge on any atom is -0.465 e. The van der Waals surface area contributed by atoms with Crippen LogP contribution in [0.4, 0.5) is 4.79 Å². The molecule has 18 heavy (non-hydrogen) atoms. The molecule has 0 spiro atoms. The maximum absolute atomic E-state index is 11.4. The van der Waals surface area contributed by atoms with Gasteiger partial charge in [-0.1, -0.05) is 36.7 Å². The summed E-state index contributed by atoms with van der Waals surface area (Å²) < 4.78 is 0. The highest BCUT2D eigenvalue weighted by Gasteiger charge is 2.47. The van der Waals surface area contributed by atoms with E-state index in [0.29, 0.717) is 10.6 Å². The average molecular weight is 270 g/mol. The second-order valence-electron chi connectivity index (χ2n) is 4.53. The van der Waals surface area contributed by atoms with Gasteiger partial charge in [0.1, 0.15) is 0 Å². The van der Waals surface area contributed by atoms with Crippen molar-refractivity contribution in [3.63, 3.8) is 0 Å². The van der Waals surface area contributed by atoms with E-state index in [-0.39, 0.29) is 12.5 Å². The number of benzene rings is 1. The molecule has 1 aromatic carbocycles. The van der Waals surface area contributed by atoms with Crippen LogP contribution in [-0.2, 0) is 5.72 Å². The molecule has 1 atom stereocenters. The van der Waals surface area contributed by atoms with Crippen molar-refractivity contribution in [3.8, 4) is 0 Å². The summed E-state index contributed by atoms with van der Waals surface area (Å²) in [5, 5.41) is 20.5. The molecular weight excluding hydrogens is 254 g/mol. The van der Waals surface area contributed by atoms with Crippen molar-refractivity contribution in [2.75, 3.05) is 0 Å². The molecule has 0 aliphatic heterocycles. The zero-order valence-electron chi connectivity index (χ0n) is 10.1. The Balaban J connectivity index is 2.46. The van der Waals surface area contributed by atoms with Crippen molar-refractivity contribution < 1.29 is 15.0 Å². The minimum absolute atomic E-state index is 0.108. The maximum Gasteiger partial charge on any atom is 0.410 e. The Morgan fingerprint density at radius 2 is 2.11 bits per heavy atom. The highest BCUT2D eigenvalue weighted by Crippen LogP contribution is 2.41. The van der Waals surface area contributed by atoms with Crippen LogP contribution in [0.25, 0.3) is 0 Å². The van der Waals surface area contributed by atoms with Gasteiger partial charge in [-0.05, 0) is 25.3 Å². The predicted molar refractivity (Wildman–Crippen MR) is 68.5 cm³/mol. The molecule has 1 saturated carbocycles. The summed E-state index contributed by atoms with van der Waals surface area (Å²) >= 11 is 6.08. The van der Waals surface area contributed by atoms with Crippen molar-refractivity contribution in [2.24, 2.45) is 0 Å². The van der Waals surface area contributed by atoms with Crippen LogP contribution in [0.15, 0.2) is 24.3 Å². The monoisotopic (exact) mass is 269 g/mol. The number of carbonyl (C=O) groups is 1. The molecule has 5 heteroatoms. The van der Waals surface area contributed by atoms with Gasteiger partial charge >= 0.3 is 6.09 Å². The quantitative estimate of drug-likeness (QED) is 0.826. The van der Waals surface area contributed by atoms with Gasteiger partial charge in [-0.2, -0.15) is 0 Å². The van der Waals surface area contributed by atoms with Crippen LogP contribution < -0.4 is 0 Å². The summed E-state index contributed by atoms with van der Waals surface area (Å²) in [7, 11) is 0. The average Bonchev–Trinajstić information content (AvgIpc) is 3.13. The van der Waals surface area contributed by atoms with E-state index in [4.69, 9.17) is 11.6 Å². The second kappa shape index (κ2) is 4.78. The Kier molecular flexibility index (Phi) is 3.50. The van der Waals surface area contributed by atoms with Crippen molar-refractivity contribution in [2.45, 2.75) is 38.0 Å². The maximum atomic E-state index is 11.4. The first-order valence-electron chi connectivity index (χ1n) is 6.00. The fourth-order valence-electron chi connectivity index (χ4n) is 2.23. The molecule has 1 aliphatic rings. The number of hydrogen-bond acceptors (Lipinski definition) is 2. The van der Waals surface area contributed by atoms with E-state index in [2.05, 4.69) is 0 Å². The fraction of sp³-hybridized carbons (Fsp3) is 0.462. The zero-order chi connectivity index (χ0) is 13.3. The lowest BCUT2D eigenvalue weighted by Gasteiger charge is -2.38. The third-order valence-electron chi connectivity index (χ3n) is 3.31. The molecule has 0 bridgehead atoms. The van der Waals surface area contributed by atoms with Crippen LogP contribution in [0.2, 0.25) is 5.02 Å². The van der Waals surface area contributed by atoms with Gasteiger partial charge in [0.05, 0.1) is 0 Å². The Bertz CT molecular complexity index is 461. The van der Waals surface area contributed by atoms with Crippen LogP contribution in [0, 0.1) is 0 Å². The minimum atomic E-state index is -1.55. The van der Waals surface area contributed by atoms with Gasteiger partial charge in [0.2, 0.25) is 0 Å². The fourth-order valence-corrected chi connectivity index (χ4v) is 2.51.